The van der Waals surface area contributed by atoms with Crippen LogP contribution in [0.2, 0.25) is 0 Å². The van der Waals surface area contributed by atoms with Crippen LogP contribution in [-0.4, -0.2) is 15.0 Å². The molecule has 1 aromatic carbocycles. The van der Waals surface area contributed by atoms with Gasteiger partial charge in [0, 0.05) is 6.54 Å². The van der Waals surface area contributed by atoms with Gasteiger partial charge in [-0.25, -0.2) is 9.07 Å². The Hall–Kier alpha value is -1.75. The molecule has 0 atom stereocenters. The molecule has 0 unspecified atom stereocenters. The molecule has 0 aliphatic carbocycles. The molecule has 2 N–H and O–H groups in total. The number of para-hydroxylation sites is 1. The Labute approximate surface area is 106 Å². The van der Waals surface area contributed by atoms with Crippen molar-refractivity contribution in [2.45, 2.75) is 26.8 Å². The maximum absolute atomic E-state index is 13.8. The second-order valence-electron chi connectivity index (χ2n) is 4.65. The van der Waals surface area contributed by atoms with Crippen molar-refractivity contribution in [2.24, 2.45) is 11.7 Å². The van der Waals surface area contributed by atoms with Crippen LogP contribution >= 0.6 is 0 Å². The molecular formula is C13H17FN4. The summed E-state index contributed by atoms with van der Waals surface area (Å²) in [7, 11) is 0. The van der Waals surface area contributed by atoms with E-state index in [9.17, 15) is 4.39 Å². The minimum atomic E-state index is -0.309. The van der Waals surface area contributed by atoms with E-state index in [1.54, 1.807) is 22.9 Å². The molecule has 1 aromatic heterocycles. The molecule has 2 aromatic rings. The Kier molecular flexibility index (Phi) is 3.72. The van der Waals surface area contributed by atoms with Gasteiger partial charge in [0.1, 0.15) is 11.5 Å². The molecule has 96 valence electrons. The number of hydrogen-bond acceptors (Lipinski definition) is 3. The SMILES string of the molecule is CC(C)Cc1c(CN)nnn1-c1ccccc1F. The number of benzene rings is 1. The van der Waals surface area contributed by atoms with Crippen molar-refractivity contribution in [1.82, 2.24) is 15.0 Å². The molecule has 0 amide bonds. The first-order chi connectivity index (χ1) is 8.63. The van der Waals surface area contributed by atoms with Crippen LogP contribution in [0.3, 0.4) is 0 Å². The fourth-order valence-corrected chi connectivity index (χ4v) is 1.90. The number of nitrogens with zero attached hydrogens (tertiary/aromatic N) is 3. The summed E-state index contributed by atoms with van der Waals surface area (Å²) in [5, 5.41) is 8.04. The fourth-order valence-electron chi connectivity index (χ4n) is 1.90. The van der Waals surface area contributed by atoms with Crippen LogP contribution in [0.5, 0.6) is 0 Å². The Morgan fingerprint density at radius 1 is 1.33 bits per heavy atom. The smallest absolute Gasteiger partial charge is 0.148 e. The molecule has 5 heteroatoms. The lowest BCUT2D eigenvalue weighted by atomic mass is 10.1. The van der Waals surface area contributed by atoms with E-state index in [0.717, 1.165) is 17.8 Å². The summed E-state index contributed by atoms with van der Waals surface area (Å²) in [4.78, 5) is 0. The predicted molar refractivity (Wildman–Crippen MR) is 67.8 cm³/mol. The standard InChI is InChI=1S/C13H17FN4/c1-9(2)7-13-11(8-15)16-17-18(13)12-6-4-3-5-10(12)14/h3-6,9H,7-8,15H2,1-2H3. The van der Waals surface area contributed by atoms with Crippen LogP contribution in [0.1, 0.15) is 25.2 Å². The second kappa shape index (κ2) is 5.27. The minimum Gasteiger partial charge on any atom is -0.325 e. The highest BCUT2D eigenvalue weighted by Gasteiger charge is 2.16. The summed E-state index contributed by atoms with van der Waals surface area (Å²) >= 11 is 0. The van der Waals surface area contributed by atoms with Gasteiger partial charge in [-0.05, 0) is 24.5 Å². The normalized spacial score (nSPS) is 11.2. The predicted octanol–water partition coefficient (Wildman–Crippen LogP) is 2.06. The number of halogens is 1. The number of aromatic nitrogens is 3. The Bertz CT molecular complexity index is 534. The maximum Gasteiger partial charge on any atom is 0.148 e. The zero-order valence-corrected chi connectivity index (χ0v) is 10.6. The summed E-state index contributed by atoms with van der Waals surface area (Å²) < 4.78 is 15.3. The van der Waals surface area contributed by atoms with E-state index in [0.29, 0.717) is 18.2 Å². The number of rotatable bonds is 4. The van der Waals surface area contributed by atoms with Crippen LogP contribution < -0.4 is 5.73 Å². The van der Waals surface area contributed by atoms with E-state index in [-0.39, 0.29) is 5.82 Å². The van der Waals surface area contributed by atoms with Gasteiger partial charge < -0.3 is 5.73 Å². The monoisotopic (exact) mass is 248 g/mol. The maximum atomic E-state index is 13.8. The van der Waals surface area contributed by atoms with Gasteiger partial charge in [0.25, 0.3) is 0 Å². The first kappa shape index (κ1) is 12.7. The first-order valence-corrected chi connectivity index (χ1v) is 6.02. The highest BCUT2D eigenvalue weighted by Crippen LogP contribution is 2.18. The lowest BCUT2D eigenvalue weighted by Crippen LogP contribution is -2.10. The molecule has 0 spiro atoms. The van der Waals surface area contributed by atoms with Gasteiger partial charge in [-0.3, -0.25) is 0 Å². The van der Waals surface area contributed by atoms with Crippen LogP contribution in [0.25, 0.3) is 5.69 Å². The molecule has 1 heterocycles. The van der Waals surface area contributed by atoms with Crippen molar-refractivity contribution in [2.75, 3.05) is 0 Å². The molecule has 18 heavy (non-hydrogen) atoms. The third kappa shape index (κ3) is 2.41. The van der Waals surface area contributed by atoms with Gasteiger partial charge in [-0.2, -0.15) is 0 Å². The summed E-state index contributed by atoms with van der Waals surface area (Å²) in [6.45, 7) is 4.51. The summed E-state index contributed by atoms with van der Waals surface area (Å²) in [5.41, 5.74) is 7.68. The van der Waals surface area contributed by atoms with Crippen molar-refractivity contribution >= 4 is 0 Å². The molecular weight excluding hydrogens is 231 g/mol. The largest absolute Gasteiger partial charge is 0.325 e. The second-order valence-corrected chi connectivity index (χ2v) is 4.65. The molecule has 0 saturated carbocycles. The van der Waals surface area contributed by atoms with Crippen LogP contribution in [0.4, 0.5) is 4.39 Å². The average molecular weight is 248 g/mol. The number of nitrogens with two attached hydrogens (primary N) is 1. The molecule has 0 aliphatic rings. The Morgan fingerprint density at radius 3 is 2.67 bits per heavy atom. The quantitative estimate of drug-likeness (QED) is 0.901. The number of hydrogen-bond donors (Lipinski definition) is 1. The zero-order valence-electron chi connectivity index (χ0n) is 10.6. The fraction of sp³-hybridized carbons (Fsp3) is 0.385. The van der Waals surface area contributed by atoms with Gasteiger partial charge in [0.2, 0.25) is 0 Å². The Balaban J connectivity index is 2.51. The van der Waals surface area contributed by atoms with Gasteiger partial charge >= 0.3 is 0 Å². The van der Waals surface area contributed by atoms with Crippen LogP contribution in [0, 0.1) is 11.7 Å². The van der Waals surface area contributed by atoms with Gasteiger partial charge in [-0.15, -0.1) is 5.10 Å². The third-order valence-corrected chi connectivity index (χ3v) is 2.72. The molecule has 2 rings (SSSR count). The van der Waals surface area contributed by atoms with E-state index in [1.165, 1.54) is 6.07 Å². The Morgan fingerprint density at radius 2 is 2.06 bits per heavy atom. The van der Waals surface area contributed by atoms with Gasteiger partial charge in [0.15, 0.2) is 0 Å². The van der Waals surface area contributed by atoms with Gasteiger partial charge in [-0.1, -0.05) is 31.2 Å². The molecule has 0 aliphatic heterocycles. The molecule has 0 radical (unpaired) electrons. The van der Waals surface area contributed by atoms with Crippen molar-refractivity contribution in [3.05, 3.63) is 41.5 Å². The van der Waals surface area contributed by atoms with E-state index in [4.69, 9.17) is 5.73 Å². The first-order valence-electron chi connectivity index (χ1n) is 6.02. The zero-order chi connectivity index (χ0) is 13.1. The van der Waals surface area contributed by atoms with Crippen LogP contribution in [-0.2, 0) is 13.0 Å². The topological polar surface area (TPSA) is 56.7 Å². The van der Waals surface area contributed by atoms with Crippen molar-refractivity contribution in [3.63, 3.8) is 0 Å². The molecule has 4 nitrogen and oxygen atoms in total. The summed E-state index contributed by atoms with van der Waals surface area (Å²) in [5.74, 6) is 0.121. The lowest BCUT2D eigenvalue weighted by molar-refractivity contribution is 0.582. The van der Waals surface area contributed by atoms with Crippen molar-refractivity contribution in [3.8, 4) is 5.69 Å². The van der Waals surface area contributed by atoms with Crippen molar-refractivity contribution < 1.29 is 4.39 Å². The summed E-state index contributed by atoms with van der Waals surface area (Å²) in [6.07, 6.45) is 0.772. The highest BCUT2D eigenvalue weighted by atomic mass is 19.1. The molecule has 0 saturated heterocycles. The van der Waals surface area contributed by atoms with Crippen molar-refractivity contribution in [1.29, 1.82) is 0 Å². The lowest BCUT2D eigenvalue weighted by Gasteiger charge is -2.10. The molecule has 0 fully saturated rings. The van der Waals surface area contributed by atoms with E-state index < -0.39 is 0 Å². The van der Waals surface area contributed by atoms with Crippen LogP contribution in [0.15, 0.2) is 24.3 Å². The van der Waals surface area contributed by atoms with E-state index >= 15 is 0 Å². The minimum absolute atomic E-state index is 0.309. The third-order valence-electron chi connectivity index (χ3n) is 2.72. The highest BCUT2D eigenvalue weighted by molar-refractivity contribution is 5.35. The van der Waals surface area contributed by atoms with E-state index in [1.807, 2.05) is 0 Å². The van der Waals surface area contributed by atoms with E-state index in [2.05, 4.69) is 24.2 Å². The summed E-state index contributed by atoms with van der Waals surface area (Å²) in [6, 6.07) is 6.54. The molecule has 0 bridgehead atoms. The van der Waals surface area contributed by atoms with Gasteiger partial charge in [0.05, 0.1) is 11.4 Å². The average Bonchev–Trinajstić information content (AvgIpc) is 2.72.